The maximum absolute atomic E-state index is 5.68. The maximum atomic E-state index is 5.68. The van der Waals surface area contributed by atoms with Crippen LogP contribution in [0.2, 0.25) is 0 Å². The summed E-state index contributed by atoms with van der Waals surface area (Å²) in [4.78, 5) is 0. The van der Waals surface area contributed by atoms with Gasteiger partial charge in [0, 0.05) is 7.11 Å². The van der Waals surface area contributed by atoms with Gasteiger partial charge in [0.1, 0.15) is 12.4 Å². The zero-order valence-electron chi connectivity index (χ0n) is 13.9. The average Bonchev–Trinajstić information content (AvgIpc) is 2.62. The van der Waals surface area contributed by atoms with Gasteiger partial charge in [0.05, 0.1) is 33.0 Å². The van der Waals surface area contributed by atoms with E-state index in [1.165, 1.54) is 7.14 Å². The van der Waals surface area contributed by atoms with E-state index in [0.717, 1.165) is 5.75 Å². The maximum Gasteiger partial charge on any atom is 0.357 e. The first kappa shape index (κ1) is 19.2. The number of methoxy groups -OCH3 is 1. The van der Waals surface area contributed by atoms with Crippen LogP contribution < -0.4 is 25.9 Å². The molecule has 0 saturated heterocycles. The fourth-order valence-electron chi connectivity index (χ4n) is 1.88. The van der Waals surface area contributed by atoms with Crippen molar-refractivity contribution in [3.63, 3.8) is 0 Å². The van der Waals surface area contributed by atoms with E-state index in [4.69, 9.17) is 18.9 Å². The molecule has 0 aliphatic rings. The lowest BCUT2D eigenvalue weighted by Gasteiger charge is -2.07. The second-order valence-electron chi connectivity index (χ2n) is 4.91. The van der Waals surface area contributed by atoms with Gasteiger partial charge >= 0.3 is 21.2 Å². The zero-order valence-corrected chi connectivity index (χ0v) is 16.1. The Kier molecular flexibility index (Phi) is 9.79. The molecule has 24 heavy (non-hydrogen) atoms. The smallest absolute Gasteiger partial charge is 0.357 e. The minimum atomic E-state index is -0.116. The molecule has 2 aromatic carbocycles. The molecule has 0 aliphatic heterocycles. The minimum absolute atomic E-state index is 0.116. The number of hydrogen-bond acceptors (Lipinski definition) is 4. The molecule has 2 aromatic rings. The molecule has 0 amide bonds. The van der Waals surface area contributed by atoms with Crippen LogP contribution in [0.25, 0.3) is 0 Å². The lowest BCUT2D eigenvalue weighted by Crippen LogP contribution is -3.61. The van der Waals surface area contributed by atoms with Crippen LogP contribution in [0.15, 0.2) is 54.6 Å². The van der Waals surface area contributed by atoms with E-state index in [1.54, 1.807) is 7.11 Å². The Morgan fingerprint density at radius 2 is 1.25 bits per heavy atom. The molecule has 4 nitrogen and oxygen atoms in total. The van der Waals surface area contributed by atoms with Crippen LogP contribution in [0.4, 0.5) is 0 Å². The Morgan fingerprint density at radius 1 is 0.667 bits per heavy atom. The molecule has 0 heterocycles. The first-order valence-electron chi connectivity index (χ1n) is 7.95. The van der Waals surface area contributed by atoms with E-state index in [2.05, 4.69) is 42.5 Å². The second-order valence-corrected chi connectivity index (χ2v) is 7.94. The Balaban J connectivity index is 1.57. The number of benzene rings is 2. The van der Waals surface area contributed by atoms with E-state index in [1.807, 2.05) is 12.1 Å². The van der Waals surface area contributed by atoms with Crippen molar-refractivity contribution < 1.29 is 40.2 Å². The van der Waals surface area contributed by atoms with Crippen LogP contribution >= 0.6 is 0 Å². The van der Waals surface area contributed by atoms with Crippen LogP contribution in [0.1, 0.15) is 0 Å². The van der Waals surface area contributed by atoms with Gasteiger partial charge in [-0.25, -0.2) is 0 Å². The van der Waals surface area contributed by atoms with Gasteiger partial charge in [-0.3, -0.25) is 0 Å². The Hall–Kier alpha value is -1.15. The van der Waals surface area contributed by atoms with Crippen LogP contribution in [0.5, 0.6) is 5.75 Å². The Bertz CT molecular complexity index is 545. The summed E-state index contributed by atoms with van der Waals surface area (Å²) in [6.45, 7) is 3.49. The summed E-state index contributed by atoms with van der Waals surface area (Å²) in [5.41, 5.74) is 0. The third-order valence-corrected chi connectivity index (χ3v) is 5.75. The highest BCUT2D eigenvalue weighted by molar-refractivity contribution is 5.20. The summed E-state index contributed by atoms with van der Waals surface area (Å²) < 4.78 is 24.2. The Morgan fingerprint density at radius 3 is 1.92 bits per heavy atom. The topological polar surface area (TPSA) is 36.9 Å². The number of halogens is 1. The normalized spacial score (nSPS) is 10.7. The Labute approximate surface area is 154 Å². The van der Waals surface area contributed by atoms with E-state index in [9.17, 15) is 0 Å². The van der Waals surface area contributed by atoms with Crippen LogP contribution in [-0.4, -0.2) is 46.8 Å². The summed E-state index contributed by atoms with van der Waals surface area (Å²) in [6, 6.07) is 19.0. The van der Waals surface area contributed by atoms with Crippen molar-refractivity contribution in [1.29, 1.82) is 0 Å². The first-order chi connectivity index (χ1) is 11.9. The monoisotopic (exact) mass is 443 g/mol. The largest absolute Gasteiger partial charge is 0.491 e. The van der Waals surface area contributed by atoms with Gasteiger partial charge < -0.3 is 18.9 Å². The summed E-state index contributed by atoms with van der Waals surface area (Å²) in [7, 11) is 1.66. The van der Waals surface area contributed by atoms with Gasteiger partial charge in [-0.05, 0) is 36.4 Å². The molecule has 5 heteroatoms. The lowest BCUT2D eigenvalue weighted by atomic mass is 10.3. The molecule has 0 atom stereocenters. The fourth-order valence-corrected chi connectivity index (χ4v) is 4.09. The fraction of sp³-hybridized carbons (Fsp3) is 0.368. The van der Waals surface area contributed by atoms with Gasteiger partial charge in [-0.1, -0.05) is 18.2 Å². The van der Waals surface area contributed by atoms with Crippen LogP contribution in [0.3, 0.4) is 0 Å². The summed E-state index contributed by atoms with van der Waals surface area (Å²) in [6.07, 6.45) is 0. The van der Waals surface area contributed by atoms with Gasteiger partial charge in [-0.2, -0.15) is 0 Å². The second kappa shape index (κ2) is 12.2. The van der Waals surface area contributed by atoms with E-state index < -0.39 is 0 Å². The number of hydrogen-bond donors (Lipinski definition) is 0. The predicted octanol–water partition coefficient (Wildman–Crippen LogP) is -0.127. The van der Waals surface area contributed by atoms with Crippen molar-refractivity contribution >= 4 is 0 Å². The standard InChI is InChI=1S/C19H24IO4/c1-21-11-12-22-13-14-23-15-16-24-19-9-7-18(8-10-19)20-17-5-3-2-4-6-17/h2-10H,11-16H2,1H3/q+1. The van der Waals surface area contributed by atoms with Gasteiger partial charge in [0.25, 0.3) is 0 Å². The highest BCUT2D eigenvalue weighted by atomic mass is 127. The highest BCUT2D eigenvalue weighted by Crippen LogP contribution is 2.07. The van der Waals surface area contributed by atoms with Crippen LogP contribution in [-0.2, 0) is 14.2 Å². The first-order valence-corrected chi connectivity index (χ1v) is 10.1. The van der Waals surface area contributed by atoms with Crippen LogP contribution in [0, 0.1) is 7.14 Å². The molecule has 0 saturated carbocycles. The molecule has 130 valence electrons. The van der Waals surface area contributed by atoms with Gasteiger partial charge in [0.15, 0.2) is 7.14 Å². The van der Waals surface area contributed by atoms with Crippen molar-refractivity contribution in [2.24, 2.45) is 0 Å². The van der Waals surface area contributed by atoms with Crippen molar-refractivity contribution in [1.82, 2.24) is 0 Å². The summed E-state index contributed by atoms with van der Waals surface area (Å²) >= 11 is -0.116. The van der Waals surface area contributed by atoms with E-state index in [0.29, 0.717) is 39.6 Å². The van der Waals surface area contributed by atoms with E-state index >= 15 is 0 Å². The van der Waals surface area contributed by atoms with E-state index in [-0.39, 0.29) is 21.2 Å². The SMILES string of the molecule is COCCOCCOCCOc1ccc([I+]c2ccccc2)cc1. The lowest BCUT2D eigenvalue weighted by molar-refractivity contribution is -0.597. The molecule has 2 rings (SSSR count). The number of rotatable bonds is 12. The van der Waals surface area contributed by atoms with Gasteiger partial charge in [-0.15, -0.1) is 0 Å². The molecule has 0 N–H and O–H groups in total. The van der Waals surface area contributed by atoms with Crippen molar-refractivity contribution in [3.05, 3.63) is 61.7 Å². The van der Waals surface area contributed by atoms with Gasteiger partial charge in [0.2, 0.25) is 0 Å². The third kappa shape index (κ3) is 8.10. The minimum Gasteiger partial charge on any atom is -0.491 e. The molecule has 0 aromatic heterocycles. The molecule has 0 radical (unpaired) electrons. The molecular formula is C19H24IO4+. The number of ether oxygens (including phenoxy) is 4. The molecule has 0 aliphatic carbocycles. The summed E-state index contributed by atoms with van der Waals surface area (Å²) in [5.74, 6) is 0.885. The molecule has 0 bridgehead atoms. The average molecular weight is 443 g/mol. The quantitative estimate of drug-likeness (QED) is 0.339. The third-order valence-electron chi connectivity index (χ3n) is 3.07. The van der Waals surface area contributed by atoms with Crippen molar-refractivity contribution in [2.75, 3.05) is 46.8 Å². The molecular weight excluding hydrogens is 419 g/mol. The van der Waals surface area contributed by atoms with Crippen molar-refractivity contribution in [2.45, 2.75) is 0 Å². The molecule has 0 unspecified atom stereocenters. The van der Waals surface area contributed by atoms with Crippen molar-refractivity contribution in [3.8, 4) is 5.75 Å². The molecule has 0 spiro atoms. The summed E-state index contributed by atoms with van der Waals surface area (Å²) in [5, 5.41) is 0. The molecule has 0 fully saturated rings. The highest BCUT2D eigenvalue weighted by Gasteiger charge is 2.14. The predicted molar refractivity (Wildman–Crippen MR) is 89.3 cm³/mol. The zero-order chi connectivity index (χ0) is 16.9.